The van der Waals surface area contributed by atoms with Gasteiger partial charge in [0.15, 0.2) is 0 Å². The first-order valence-electron chi connectivity index (χ1n) is 7.76. The molecule has 4 fully saturated rings. The van der Waals surface area contributed by atoms with Crippen LogP contribution in [-0.4, -0.2) is 11.8 Å². The van der Waals surface area contributed by atoms with E-state index in [2.05, 4.69) is 0 Å². The molecule has 0 radical (unpaired) electrons. The first-order chi connectivity index (χ1) is 9.74. The van der Waals surface area contributed by atoms with Gasteiger partial charge in [-0.05, 0) is 56.1 Å². The summed E-state index contributed by atoms with van der Waals surface area (Å²) in [4.78, 5) is 12.4. The van der Waals surface area contributed by atoms with Gasteiger partial charge in [0.1, 0.15) is 11.3 Å². The molecule has 0 amide bonds. The molecule has 1 heterocycles. The van der Waals surface area contributed by atoms with Gasteiger partial charge in [-0.15, -0.1) is 0 Å². The van der Waals surface area contributed by atoms with Crippen LogP contribution in [0.25, 0.3) is 0 Å². The molecule has 0 unspecified atom stereocenters. The number of carbonyl (C=O) groups excluding carboxylic acids is 1. The highest BCUT2D eigenvalue weighted by molar-refractivity contribution is 5.93. The Bertz CT molecular complexity index is 564. The second kappa shape index (κ2) is 3.57. The Labute approximate surface area is 118 Å². The predicted octanol–water partition coefficient (Wildman–Crippen LogP) is 3.39. The van der Waals surface area contributed by atoms with E-state index in [-0.39, 0.29) is 5.97 Å². The number of hydrogen-bond acceptors (Lipinski definition) is 3. The van der Waals surface area contributed by atoms with Crippen molar-refractivity contribution < 1.29 is 14.3 Å². The average Bonchev–Trinajstić information content (AvgIpc) is 2.44. The number of rotatable bonds is 0. The maximum atomic E-state index is 12.4. The number of fused-ring (bicyclic) bond motifs is 1. The van der Waals surface area contributed by atoms with Crippen molar-refractivity contribution in [1.82, 2.24) is 0 Å². The Balaban J connectivity index is 1.60. The largest absolute Gasteiger partial charge is 0.451 e. The first-order valence-corrected chi connectivity index (χ1v) is 7.76. The van der Waals surface area contributed by atoms with E-state index in [9.17, 15) is 4.79 Å². The fraction of sp³-hybridized carbons (Fsp3) is 0.588. The maximum absolute atomic E-state index is 12.4. The van der Waals surface area contributed by atoms with E-state index in [1.165, 1.54) is 32.1 Å². The Morgan fingerprint density at radius 3 is 2.25 bits per heavy atom. The van der Waals surface area contributed by atoms with E-state index in [1.807, 2.05) is 18.2 Å². The van der Waals surface area contributed by atoms with Crippen LogP contribution in [0.4, 0.5) is 0 Å². The lowest BCUT2D eigenvalue weighted by molar-refractivity contribution is -0.279. The molecule has 0 atom stereocenters. The molecule has 104 valence electrons. The summed E-state index contributed by atoms with van der Waals surface area (Å²) in [6.45, 7) is 0. The summed E-state index contributed by atoms with van der Waals surface area (Å²) < 4.78 is 12.2. The Morgan fingerprint density at radius 1 is 0.900 bits per heavy atom. The lowest BCUT2D eigenvalue weighted by Crippen LogP contribution is -2.64. The summed E-state index contributed by atoms with van der Waals surface area (Å²) in [6, 6.07) is 7.49. The monoisotopic (exact) mass is 270 g/mol. The lowest BCUT2D eigenvalue weighted by Gasteiger charge is -2.59. The summed E-state index contributed by atoms with van der Waals surface area (Å²) in [7, 11) is 0. The van der Waals surface area contributed by atoms with Crippen molar-refractivity contribution in [2.24, 2.45) is 23.7 Å². The number of ether oxygens (including phenoxy) is 2. The van der Waals surface area contributed by atoms with Gasteiger partial charge < -0.3 is 9.47 Å². The van der Waals surface area contributed by atoms with E-state index in [4.69, 9.17) is 9.47 Å². The van der Waals surface area contributed by atoms with Crippen molar-refractivity contribution in [1.29, 1.82) is 0 Å². The van der Waals surface area contributed by atoms with Gasteiger partial charge >= 0.3 is 5.97 Å². The summed E-state index contributed by atoms with van der Waals surface area (Å²) in [5.41, 5.74) is 0.576. The molecule has 3 nitrogen and oxygen atoms in total. The van der Waals surface area contributed by atoms with Gasteiger partial charge in [0.2, 0.25) is 0 Å². The fourth-order valence-corrected chi connectivity index (χ4v) is 5.29. The SMILES string of the molecule is O=C1OC2(Oc3ccccc31)C1CC3CC(C1)CC2C3. The van der Waals surface area contributed by atoms with Gasteiger partial charge in [-0.1, -0.05) is 12.1 Å². The summed E-state index contributed by atoms with van der Waals surface area (Å²) >= 11 is 0. The standard InChI is InChI=1S/C17H18O3/c18-16-14-3-1-2-4-15(14)19-17(20-16)12-6-10-5-11(8-12)9-13(17)7-10/h1-4,10-13H,5-9H2. The van der Waals surface area contributed by atoms with Gasteiger partial charge in [0.25, 0.3) is 5.79 Å². The third kappa shape index (κ3) is 1.28. The maximum Gasteiger partial charge on any atom is 0.345 e. The summed E-state index contributed by atoms with van der Waals surface area (Å²) in [6.07, 6.45) is 6.06. The summed E-state index contributed by atoms with van der Waals surface area (Å²) in [5, 5.41) is 0. The van der Waals surface area contributed by atoms with Crippen LogP contribution in [-0.2, 0) is 4.74 Å². The molecule has 3 heteroatoms. The highest BCUT2D eigenvalue weighted by atomic mass is 16.7. The molecular formula is C17H18O3. The van der Waals surface area contributed by atoms with Gasteiger partial charge in [0.05, 0.1) is 0 Å². The molecule has 5 aliphatic rings. The molecular weight excluding hydrogens is 252 g/mol. The van der Waals surface area contributed by atoms with Gasteiger partial charge in [-0.3, -0.25) is 0 Å². The Kier molecular flexibility index (Phi) is 2.00. The van der Waals surface area contributed by atoms with Crippen LogP contribution in [0.1, 0.15) is 42.5 Å². The predicted molar refractivity (Wildman–Crippen MR) is 72.3 cm³/mol. The Morgan fingerprint density at radius 2 is 1.55 bits per heavy atom. The van der Waals surface area contributed by atoms with Crippen LogP contribution in [0.15, 0.2) is 24.3 Å². The molecule has 20 heavy (non-hydrogen) atoms. The topological polar surface area (TPSA) is 35.5 Å². The quantitative estimate of drug-likeness (QED) is 0.678. The minimum absolute atomic E-state index is 0.195. The van der Waals surface area contributed by atoms with Gasteiger partial charge in [-0.25, -0.2) is 4.79 Å². The molecule has 1 aromatic carbocycles. The van der Waals surface area contributed by atoms with Crippen molar-refractivity contribution in [3.63, 3.8) is 0 Å². The zero-order valence-corrected chi connectivity index (χ0v) is 11.4. The molecule has 4 aliphatic carbocycles. The van der Waals surface area contributed by atoms with E-state index in [0.717, 1.165) is 17.6 Å². The second-order valence-corrected chi connectivity index (χ2v) is 7.01. The lowest BCUT2D eigenvalue weighted by atomic mass is 9.53. The average molecular weight is 270 g/mol. The van der Waals surface area contributed by atoms with E-state index in [1.54, 1.807) is 6.07 Å². The number of esters is 1. The molecule has 1 spiro atoms. The zero-order chi connectivity index (χ0) is 13.3. The minimum atomic E-state index is -0.654. The minimum Gasteiger partial charge on any atom is -0.451 e. The van der Waals surface area contributed by atoms with Crippen LogP contribution in [0.5, 0.6) is 5.75 Å². The first kappa shape index (κ1) is 11.2. The highest BCUT2D eigenvalue weighted by Gasteiger charge is 2.63. The third-order valence-corrected chi connectivity index (χ3v) is 5.90. The molecule has 6 rings (SSSR count). The molecule has 0 N–H and O–H groups in total. The number of para-hydroxylation sites is 1. The number of hydrogen-bond donors (Lipinski definition) is 0. The van der Waals surface area contributed by atoms with Crippen LogP contribution in [0.3, 0.4) is 0 Å². The van der Waals surface area contributed by atoms with Crippen LogP contribution in [0, 0.1) is 23.7 Å². The van der Waals surface area contributed by atoms with Gasteiger partial charge in [0, 0.05) is 11.8 Å². The van der Waals surface area contributed by atoms with Gasteiger partial charge in [-0.2, -0.15) is 0 Å². The Hall–Kier alpha value is -1.51. The van der Waals surface area contributed by atoms with Crippen molar-refractivity contribution in [2.45, 2.75) is 37.9 Å². The van der Waals surface area contributed by atoms with E-state index in [0.29, 0.717) is 17.4 Å². The van der Waals surface area contributed by atoms with Crippen LogP contribution < -0.4 is 4.74 Å². The van der Waals surface area contributed by atoms with E-state index >= 15 is 0 Å². The number of carbonyl (C=O) groups is 1. The molecule has 1 aliphatic heterocycles. The third-order valence-electron chi connectivity index (χ3n) is 5.90. The summed E-state index contributed by atoms with van der Waals surface area (Å²) in [5.74, 6) is 2.34. The van der Waals surface area contributed by atoms with Crippen molar-refractivity contribution in [3.8, 4) is 5.75 Å². The molecule has 1 aromatic rings. The highest BCUT2D eigenvalue weighted by Crippen LogP contribution is 2.61. The van der Waals surface area contributed by atoms with E-state index < -0.39 is 5.79 Å². The second-order valence-electron chi connectivity index (χ2n) is 7.01. The zero-order valence-electron chi connectivity index (χ0n) is 11.4. The van der Waals surface area contributed by atoms with Crippen molar-refractivity contribution in [3.05, 3.63) is 29.8 Å². The van der Waals surface area contributed by atoms with Crippen molar-refractivity contribution >= 4 is 5.97 Å². The fourth-order valence-electron chi connectivity index (χ4n) is 5.29. The van der Waals surface area contributed by atoms with Crippen LogP contribution >= 0.6 is 0 Å². The number of benzene rings is 1. The van der Waals surface area contributed by atoms with Crippen molar-refractivity contribution in [2.75, 3.05) is 0 Å². The normalized spacial score (nSPS) is 44.1. The smallest absolute Gasteiger partial charge is 0.345 e. The molecule has 4 bridgehead atoms. The molecule has 0 aromatic heterocycles. The van der Waals surface area contributed by atoms with Crippen LogP contribution in [0.2, 0.25) is 0 Å². The molecule has 0 saturated heterocycles. The molecule has 4 saturated carbocycles.